The molecule has 0 radical (unpaired) electrons. The largest absolute Gasteiger partial charge is 0.573 e. The molecule has 4 rings (SSSR count). The van der Waals surface area contributed by atoms with Crippen LogP contribution in [0.4, 0.5) is 17.6 Å². The maximum atomic E-state index is 14.2. The van der Waals surface area contributed by atoms with Gasteiger partial charge in [0, 0.05) is 13.1 Å². The van der Waals surface area contributed by atoms with Crippen molar-refractivity contribution in [2.75, 3.05) is 19.6 Å². The molecule has 1 unspecified atom stereocenters. The summed E-state index contributed by atoms with van der Waals surface area (Å²) in [5.41, 5.74) is 0.819. The van der Waals surface area contributed by atoms with E-state index < -0.39 is 24.1 Å². The summed E-state index contributed by atoms with van der Waals surface area (Å²) in [6.45, 7) is 0.120. The van der Waals surface area contributed by atoms with Crippen LogP contribution in [0.2, 0.25) is 0 Å². The van der Waals surface area contributed by atoms with Crippen molar-refractivity contribution in [1.29, 1.82) is 0 Å². The van der Waals surface area contributed by atoms with Gasteiger partial charge in [0.2, 0.25) is 5.91 Å². The molecule has 29 heavy (non-hydrogen) atoms. The van der Waals surface area contributed by atoms with Crippen molar-refractivity contribution in [2.24, 2.45) is 0 Å². The molecule has 2 aromatic carbocycles. The van der Waals surface area contributed by atoms with Gasteiger partial charge in [-0.05, 0) is 35.7 Å². The quantitative estimate of drug-likeness (QED) is 0.717. The fraction of sp³-hybridized carbons (Fsp3) is 0.300. The summed E-state index contributed by atoms with van der Waals surface area (Å²) in [6, 6.07) is 9.04. The number of hydrogen-bond donors (Lipinski definition) is 0. The molecule has 1 atom stereocenters. The number of benzene rings is 2. The predicted octanol–water partition coefficient (Wildman–Crippen LogP) is 3.31. The van der Waals surface area contributed by atoms with E-state index in [2.05, 4.69) is 4.74 Å². The van der Waals surface area contributed by atoms with E-state index in [-0.39, 0.29) is 30.4 Å². The summed E-state index contributed by atoms with van der Waals surface area (Å²) in [6.07, 6.45) is -4.58. The minimum Gasteiger partial charge on any atom is -0.405 e. The van der Waals surface area contributed by atoms with Gasteiger partial charge in [-0.1, -0.05) is 24.3 Å². The molecule has 1 fully saturated rings. The Morgan fingerprint density at radius 2 is 1.86 bits per heavy atom. The third-order valence-corrected chi connectivity index (χ3v) is 5.16. The summed E-state index contributed by atoms with van der Waals surface area (Å²) in [5.74, 6) is -2.09. The molecule has 0 spiro atoms. The van der Waals surface area contributed by atoms with Crippen LogP contribution in [0.1, 0.15) is 27.5 Å². The van der Waals surface area contributed by atoms with Crippen LogP contribution in [0.15, 0.2) is 42.5 Å². The summed E-state index contributed by atoms with van der Waals surface area (Å²) < 4.78 is 56.1. The van der Waals surface area contributed by atoms with Gasteiger partial charge in [0.05, 0.1) is 11.6 Å². The number of amides is 2. The lowest BCUT2D eigenvalue weighted by Gasteiger charge is -2.44. The molecule has 2 aliphatic heterocycles. The summed E-state index contributed by atoms with van der Waals surface area (Å²) in [4.78, 5) is 28.3. The monoisotopic (exact) mass is 408 g/mol. The van der Waals surface area contributed by atoms with Gasteiger partial charge in [0.1, 0.15) is 18.1 Å². The van der Waals surface area contributed by atoms with Crippen molar-refractivity contribution in [3.63, 3.8) is 0 Å². The average molecular weight is 408 g/mol. The van der Waals surface area contributed by atoms with Crippen molar-refractivity contribution < 1.29 is 31.9 Å². The first-order valence-electron chi connectivity index (χ1n) is 8.95. The van der Waals surface area contributed by atoms with Crippen molar-refractivity contribution in [2.45, 2.75) is 18.8 Å². The first-order chi connectivity index (χ1) is 13.7. The maximum Gasteiger partial charge on any atom is 0.573 e. The molecule has 152 valence electrons. The summed E-state index contributed by atoms with van der Waals surface area (Å²) in [7, 11) is 0. The van der Waals surface area contributed by atoms with E-state index in [1.54, 1.807) is 11.0 Å². The highest BCUT2D eigenvalue weighted by Crippen LogP contribution is 2.35. The van der Waals surface area contributed by atoms with E-state index in [9.17, 15) is 27.2 Å². The summed E-state index contributed by atoms with van der Waals surface area (Å²) in [5, 5.41) is 0. The molecular weight excluding hydrogens is 392 g/mol. The van der Waals surface area contributed by atoms with E-state index in [4.69, 9.17) is 0 Å². The van der Waals surface area contributed by atoms with Crippen molar-refractivity contribution in [3.8, 4) is 5.75 Å². The molecule has 2 amide bonds. The lowest BCUT2D eigenvalue weighted by atomic mass is 9.90. The number of ether oxygens (including phenoxy) is 1. The topological polar surface area (TPSA) is 49.9 Å². The van der Waals surface area contributed by atoms with Gasteiger partial charge in [-0.15, -0.1) is 13.2 Å². The Morgan fingerprint density at radius 1 is 1.10 bits per heavy atom. The first kappa shape index (κ1) is 19.2. The van der Waals surface area contributed by atoms with Crippen LogP contribution in [0.25, 0.3) is 0 Å². The third-order valence-electron chi connectivity index (χ3n) is 5.16. The number of fused-ring (bicyclic) bond motifs is 3. The number of alkyl halides is 3. The van der Waals surface area contributed by atoms with Gasteiger partial charge >= 0.3 is 6.36 Å². The third kappa shape index (κ3) is 3.64. The van der Waals surface area contributed by atoms with Gasteiger partial charge in [0.15, 0.2) is 0 Å². The first-order valence-corrected chi connectivity index (χ1v) is 8.95. The number of nitrogens with zero attached hydrogens (tertiary/aromatic N) is 2. The van der Waals surface area contributed by atoms with Crippen LogP contribution in [0, 0.1) is 5.82 Å². The van der Waals surface area contributed by atoms with Gasteiger partial charge in [-0.2, -0.15) is 0 Å². The molecule has 0 saturated carbocycles. The SMILES string of the molecule is O=C(c1ccccc1OC(F)(F)F)N1CC(=O)N2CCc3c(F)cccc3C2C1. The van der Waals surface area contributed by atoms with E-state index >= 15 is 0 Å². The van der Waals surface area contributed by atoms with Gasteiger partial charge < -0.3 is 14.5 Å². The van der Waals surface area contributed by atoms with Crippen LogP contribution < -0.4 is 4.74 Å². The molecule has 0 aromatic heterocycles. The highest BCUT2D eigenvalue weighted by Gasteiger charge is 2.40. The van der Waals surface area contributed by atoms with Crippen LogP contribution in [-0.4, -0.2) is 47.6 Å². The van der Waals surface area contributed by atoms with E-state index in [0.717, 1.165) is 6.07 Å². The molecule has 0 aliphatic carbocycles. The second kappa shape index (κ2) is 7.06. The maximum absolute atomic E-state index is 14.2. The zero-order valence-corrected chi connectivity index (χ0v) is 15.1. The van der Waals surface area contributed by atoms with Gasteiger partial charge in [-0.3, -0.25) is 9.59 Å². The van der Waals surface area contributed by atoms with Crippen molar-refractivity contribution >= 4 is 11.8 Å². The Balaban J connectivity index is 1.65. The standard InChI is InChI=1S/C20H16F4N2O3/c21-15-6-3-5-13-12(15)8-9-26-16(13)10-25(11-18(26)27)19(28)14-4-1-2-7-17(14)29-20(22,23)24/h1-7,16H,8-11H2. The molecule has 2 aromatic rings. The number of halogens is 4. The molecule has 2 heterocycles. The Hall–Kier alpha value is -3.10. The summed E-state index contributed by atoms with van der Waals surface area (Å²) >= 11 is 0. The fourth-order valence-electron chi connectivity index (χ4n) is 3.91. The highest BCUT2D eigenvalue weighted by molar-refractivity contribution is 5.99. The van der Waals surface area contributed by atoms with E-state index in [0.29, 0.717) is 24.1 Å². The molecule has 2 aliphatic rings. The van der Waals surface area contributed by atoms with Crippen molar-refractivity contribution in [1.82, 2.24) is 9.80 Å². The average Bonchev–Trinajstić information content (AvgIpc) is 2.67. The second-order valence-electron chi connectivity index (χ2n) is 6.89. The number of para-hydroxylation sites is 1. The zero-order chi connectivity index (χ0) is 20.8. The predicted molar refractivity (Wildman–Crippen MR) is 93.6 cm³/mol. The van der Waals surface area contributed by atoms with Crippen LogP contribution in [-0.2, 0) is 11.2 Å². The Kier molecular flexibility index (Phi) is 4.68. The number of rotatable bonds is 2. The fourth-order valence-corrected chi connectivity index (χ4v) is 3.91. The molecule has 0 N–H and O–H groups in total. The minimum atomic E-state index is -4.95. The molecular formula is C20H16F4N2O3. The number of carbonyl (C=O) groups excluding carboxylic acids is 2. The minimum absolute atomic E-state index is 0.0569. The Bertz CT molecular complexity index is 976. The lowest BCUT2D eigenvalue weighted by Crippen LogP contribution is -2.55. The van der Waals surface area contributed by atoms with E-state index in [1.807, 2.05) is 0 Å². The highest BCUT2D eigenvalue weighted by atomic mass is 19.4. The zero-order valence-electron chi connectivity index (χ0n) is 15.1. The van der Waals surface area contributed by atoms with Crippen molar-refractivity contribution in [3.05, 3.63) is 65.0 Å². The Morgan fingerprint density at radius 3 is 2.62 bits per heavy atom. The van der Waals surface area contributed by atoms with Crippen LogP contribution in [0.3, 0.4) is 0 Å². The normalized spacial score (nSPS) is 18.9. The van der Waals surface area contributed by atoms with Gasteiger partial charge in [-0.25, -0.2) is 4.39 Å². The molecule has 0 bridgehead atoms. The Labute approximate surface area is 163 Å². The second-order valence-corrected chi connectivity index (χ2v) is 6.89. The lowest BCUT2D eigenvalue weighted by molar-refractivity contribution is -0.274. The molecule has 9 heteroatoms. The van der Waals surface area contributed by atoms with E-state index in [1.165, 1.54) is 35.2 Å². The number of hydrogen-bond acceptors (Lipinski definition) is 3. The molecule has 5 nitrogen and oxygen atoms in total. The molecule has 1 saturated heterocycles. The van der Waals surface area contributed by atoms with Crippen LogP contribution in [0.5, 0.6) is 5.75 Å². The number of piperazine rings is 1. The van der Waals surface area contributed by atoms with Crippen LogP contribution >= 0.6 is 0 Å². The smallest absolute Gasteiger partial charge is 0.405 e. The number of carbonyl (C=O) groups is 2. The van der Waals surface area contributed by atoms with Gasteiger partial charge in [0.25, 0.3) is 5.91 Å².